The van der Waals surface area contributed by atoms with E-state index in [2.05, 4.69) is 40.5 Å². The molecule has 1 aliphatic carbocycles. The summed E-state index contributed by atoms with van der Waals surface area (Å²) in [5, 5.41) is 7.12. The molecule has 1 saturated carbocycles. The molecular formula is C13H15N3. The Labute approximate surface area is 94.7 Å². The number of H-pyrrole nitrogens is 1. The van der Waals surface area contributed by atoms with Gasteiger partial charge < -0.3 is 5.73 Å². The van der Waals surface area contributed by atoms with Crippen molar-refractivity contribution in [3.63, 3.8) is 0 Å². The Hall–Kier alpha value is -1.77. The van der Waals surface area contributed by atoms with Gasteiger partial charge in [-0.3, -0.25) is 5.10 Å². The van der Waals surface area contributed by atoms with Gasteiger partial charge in [-0.15, -0.1) is 0 Å². The summed E-state index contributed by atoms with van der Waals surface area (Å²) in [6.07, 6.45) is 1.20. The molecule has 1 aromatic carbocycles. The van der Waals surface area contributed by atoms with Gasteiger partial charge in [0.1, 0.15) is 5.82 Å². The largest absolute Gasteiger partial charge is 0.382 e. The predicted molar refractivity (Wildman–Crippen MR) is 64.3 cm³/mol. The summed E-state index contributed by atoms with van der Waals surface area (Å²) < 4.78 is 0. The van der Waals surface area contributed by atoms with Gasteiger partial charge in [-0.05, 0) is 24.8 Å². The van der Waals surface area contributed by atoms with E-state index in [1.807, 2.05) is 6.92 Å². The van der Waals surface area contributed by atoms with Crippen LogP contribution in [-0.2, 0) is 0 Å². The van der Waals surface area contributed by atoms with E-state index in [0.29, 0.717) is 17.7 Å². The normalized spacial score (nSPS) is 23.3. The van der Waals surface area contributed by atoms with Gasteiger partial charge in [0.05, 0.1) is 0 Å². The lowest BCUT2D eigenvalue weighted by Gasteiger charge is -1.99. The summed E-state index contributed by atoms with van der Waals surface area (Å²) in [4.78, 5) is 0. The van der Waals surface area contributed by atoms with Crippen molar-refractivity contribution in [2.75, 3.05) is 5.73 Å². The minimum atomic E-state index is 0.576. The van der Waals surface area contributed by atoms with Crippen molar-refractivity contribution >= 4 is 5.82 Å². The molecule has 3 nitrogen and oxygen atoms in total. The molecule has 0 bridgehead atoms. The first-order chi connectivity index (χ1) is 7.77. The second-order valence-corrected chi connectivity index (χ2v) is 4.51. The number of aromatic amines is 1. The van der Waals surface area contributed by atoms with Crippen molar-refractivity contribution in [2.45, 2.75) is 25.2 Å². The van der Waals surface area contributed by atoms with Crippen LogP contribution >= 0.6 is 0 Å². The minimum Gasteiger partial charge on any atom is -0.382 e. The SMILES string of the molecule is Cc1c(N)n[nH]c1C1CC1c1ccccc1. The maximum absolute atomic E-state index is 5.75. The van der Waals surface area contributed by atoms with Crippen LogP contribution in [-0.4, -0.2) is 10.2 Å². The predicted octanol–water partition coefficient (Wildman–Crippen LogP) is 2.57. The van der Waals surface area contributed by atoms with Crippen LogP contribution in [0.1, 0.15) is 35.1 Å². The van der Waals surface area contributed by atoms with E-state index < -0.39 is 0 Å². The summed E-state index contributed by atoms with van der Waals surface area (Å²) in [7, 11) is 0. The number of nitrogens with one attached hydrogen (secondary N) is 1. The quantitative estimate of drug-likeness (QED) is 0.805. The van der Waals surface area contributed by atoms with Crippen molar-refractivity contribution in [3.05, 3.63) is 47.2 Å². The molecule has 3 N–H and O–H groups in total. The number of anilines is 1. The van der Waals surface area contributed by atoms with Crippen molar-refractivity contribution < 1.29 is 0 Å². The summed E-state index contributed by atoms with van der Waals surface area (Å²) in [5.74, 6) is 1.85. The number of nitrogen functional groups attached to an aromatic ring is 1. The molecular weight excluding hydrogens is 198 g/mol. The van der Waals surface area contributed by atoms with Gasteiger partial charge in [0.15, 0.2) is 0 Å². The molecule has 2 aromatic rings. The van der Waals surface area contributed by atoms with Crippen LogP contribution in [0.15, 0.2) is 30.3 Å². The summed E-state index contributed by atoms with van der Waals surface area (Å²) in [6, 6.07) is 10.6. The third-order valence-electron chi connectivity index (χ3n) is 3.47. The van der Waals surface area contributed by atoms with Crippen molar-refractivity contribution in [3.8, 4) is 0 Å². The van der Waals surface area contributed by atoms with Gasteiger partial charge >= 0.3 is 0 Å². The van der Waals surface area contributed by atoms with Crippen LogP contribution in [0.4, 0.5) is 5.82 Å². The number of aromatic nitrogens is 2. The summed E-state index contributed by atoms with van der Waals surface area (Å²) in [6.45, 7) is 2.04. The lowest BCUT2D eigenvalue weighted by molar-refractivity contribution is 0.927. The number of nitrogens with two attached hydrogens (primary N) is 1. The Morgan fingerprint density at radius 1 is 1.25 bits per heavy atom. The van der Waals surface area contributed by atoms with E-state index in [4.69, 9.17) is 5.73 Å². The highest BCUT2D eigenvalue weighted by Gasteiger charge is 2.41. The lowest BCUT2D eigenvalue weighted by Crippen LogP contribution is -1.89. The highest BCUT2D eigenvalue weighted by atomic mass is 15.2. The molecule has 3 heteroatoms. The number of hydrogen-bond donors (Lipinski definition) is 2. The number of benzene rings is 1. The fraction of sp³-hybridized carbons (Fsp3) is 0.308. The Bertz CT molecular complexity index is 501. The summed E-state index contributed by atoms with van der Waals surface area (Å²) >= 11 is 0. The highest BCUT2D eigenvalue weighted by Crippen LogP contribution is 2.54. The second-order valence-electron chi connectivity index (χ2n) is 4.51. The molecule has 0 aliphatic heterocycles. The van der Waals surface area contributed by atoms with E-state index in [1.54, 1.807) is 0 Å². The van der Waals surface area contributed by atoms with Crippen LogP contribution in [0, 0.1) is 6.92 Å². The van der Waals surface area contributed by atoms with E-state index in [0.717, 1.165) is 5.56 Å². The fourth-order valence-corrected chi connectivity index (χ4v) is 2.37. The van der Waals surface area contributed by atoms with Crippen LogP contribution in [0.5, 0.6) is 0 Å². The molecule has 16 heavy (non-hydrogen) atoms. The molecule has 1 aliphatic rings. The molecule has 0 saturated heterocycles. The fourth-order valence-electron chi connectivity index (χ4n) is 2.37. The van der Waals surface area contributed by atoms with E-state index in [-0.39, 0.29) is 0 Å². The lowest BCUT2D eigenvalue weighted by atomic mass is 10.1. The number of hydrogen-bond acceptors (Lipinski definition) is 2. The average Bonchev–Trinajstić information content (AvgIpc) is 3.04. The maximum Gasteiger partial charge on any atom is 0.148 e. The molecule has 2 unspecified atom stereocenters. The van der Waals surface area contributed by atoms with Gasteiger partial charge in [0.25, 0.3) is 0 Å². The average molecular weight is 213 g/mol. The molecule has 0 spiro atoms. The number of rotatable bonds is 2. The standard InChI is InChI=1S/C13H15N3/c1-8-12(15-16-13(8)14)11-7-10(11)9-5-3-2-4-6-9/h2-6,10-11H,7H2,1H3,(H3,14,15,16). The van der Waals surface area contributed by atoms with Crippen LogP contribution in [0.25, 0.3) is 0 Å². The zero-order chi connectivity index (χ0) is 11.1. The van der Waals surface area contributed by atoms with Gasteiger partial charge in [-0.1, -0.05) is 30.3 Å². The third kappa shape index (κ3) is 1.40. The second kappa shape index (κ2) is 3.37. The number of nitrogens with zero attached hydrogens (tertiary/aromatic N) is 1. The first kappa shape index (κ1) is 9.46. The van der Waals surface area contributed by atoms with Gasteiger partial charge in [-0.25, -0.2) is 0 Å². The summed E-state index contributed by atoms with van der Waals surface area (Å²) in [5.41, 5.74) is 9.49. The highest BCUT2D eigenvalue weighted by molar-refractivity contribution is 5.46. The maximum atomic E-state index is 5.75. The topological polar surface area (TPSA) is 54.7 Å². The molecule has 1 aromatic heterocycles. The first-order valence-corrected chi connectivity index (χ1v) is 5.62. The molecule has 82 valence electrons. The third-order valence-corrected chi connectivity index (χ3v) is 3.47. The van der Waals surface area contributed by atoms with Gasteiger partial charge in [0.2, 0.25) is 0 Å². The Balaban J connectivity index is 1.85. The van der Waals surface area contributed by atoms with E-state index in [1.165, 1.54) is 17.7 Å². The Morgan fingerprint density at radius 3 is 2.62 bits per heavy atom. The molecule has 3 rings (SSSR count). The van der Waals surface area contributed by atoms with Crippen LogP contribution in [0.3, 0.4) is 0 Å². The van der Waals surface area contributed by atoms with Crippen molar-refractivity contribution in [2.24, 2.45) is 0 Å². The molecule has 0 radical (unpaired) electrons. The smallest absolute Gasteiger partial charge is 0.148 e. The Kier molecular flexibility index (Phi) is 1.99. The zero-order valence-electron chi connectivity index (χ0n) is 9.27. The van der Waals surface area contributed by atoms with E-state index >= 15 is 0 Å². The van der Waals surface area contributed by atoms with Crippen molar-refractivity contribution in [1.82, 2.24) is 10.2 Å². The van der Waals surface area contributed by atoms with Crippen molar-refractivity contribution in [1.29, 1.82) is 0 Å². The monoisotopic (exact) mass is 213 g/mol. The van der Waals surface area contributed by atoms with Gasteiger partial charge in [-0.2, -0.15) is 5.10 Å². The zero-order valence-corrected chi connectivity index (χ0v) is 9.27. The van der Waals surface area contributed by atoms with Gasteiger partial charge in [0, 0.05) is 17.2 Å². The van der Waals surface area contributed by atoms with E-state index in [9.17, 15) is 0 Å². The molecule has 2 atom stereocenters. The first-order valence-electron chi connectivity index (χ1n) is 5.62. The Morgan fingerprint density at radius 2 is 2.00 bits per heavy atom. The minimum absolute atomic E-state index is 0.576. The van der Waals surface area contributed by atoms with Crippen LogP contribution in [0.2, 0.25) is 0 Å². The molecule has 0 amide bonds. The molecule has 1 fully saturated rings. The van der Waals surface area contributed by atoms with Crippen LogP contribution < -0.4 is 5.73 Å². The molecule has 1 heterocycles.